The molecular weight excluding hydrogens is 290 g/mol. The minimum absolute atomic E-state index is 0.0658. The molecule has 4 heteroatoms. The van der Waals surface area contributed by atoms with Gasteiger partial charge in [-0.2, -0.15) is 0 Å². The van der Waals surface area contributed by atoms with Crippen LogP contribution in [0.1, 0.15) is 30.4 Å². The summed E-state index contributed by atoms with van der Waals surface area (Å²) in [6, 6.07) is 19.4. The molecule has 1 atom stereocenters. The molecule has 0 saturated heterocycles. The van der Waals surface area contributed by atoms with Crippen LogP contribution in [0.15, 0.2) is 60.7 Å². The summed E-state index contributed by atoms with van der Waals surface area (Å²) in [5.74, 6) is -0.595. The van der Waals surface area contributed by atoms with E-state index >= 15 is 0 Å². The van der Waals surface area contributed by atoms with E-state index in [4.69, 9.17) is 4.74 Å². The second-order valence-electron chi connectivity index (χ2n) is 5.44. The SMILES string of the molecule is C[C@@H](CC(=O)OCC(=O)NCc1ccccc1)c1ccccc1. The Morgan fingerprint density at radius 3 is 2.26 bits per heavy atom. The number of hydrogen-bond acceptors (Lipinski definition) is 3. The normalized spacial score (nSPS) is 11.5. The summed E-state index contributed by atoms with van der Waals surface area (Å²) in [6.07, 6.45) is 0.260. The van der Waals surface area contributed by atoms with Crippen LogP contribution in [0.3, 0.4) is 0 Å². The third kappa shape index (κ3) is 5.94. The van der Waals surface area contributed by atoms with Gasteiger partial charge in [-0.15, -0.1) is 0 Å². The Balaban J connectivity index is 1.68. The van der Waals surface area contributed by atoms with E-state index in [-0.39, 0.29) is 30.8 Å². The molecule has 2 aromatic rings. The zero-order valence-electron chi connectivity index (χ0n) is 13.2. The molecule has 23 heavy (non-hydrogen) atoms. The summed E-state index contributed by atoms with van der Waals surface area (Å²) in [7, 11) is 0. The van der Waals surface area contributed by atoms with Gasteiger partial charge in [0.1, 0.15) is 0 Å². The molecule has 0 unspecified atom stereocenters. The predicted octanol–water partition coefficient (Wildman–Crippen LogP) is 3.04. The Morgan fingerprint density at radius 2 is 1.61 bits per heavy atom. The van der Waals surface area contributed by atoms with Gasteiger partial charge < -0.3 is 10.1 Å². The maximum Gasteiger partial charge on any atom is 0.306 e. The molecule has 0 bridgehead atoms. The Kier molecular flexibility index (Phi) is 6.36. The first-order valence-electron chi connectivity index (χ1n) is 7.66. The zero-order chi connectivity index (χ0) is 16.5. The number of rotatable bonds is 7. The maximum absolute atomic E-state index is 11.8. The predicted molar refractivity (Wildman–Crippen MR) is 88.7 cm³/mol. The highest BCUT2D eigenvalue weighted by Crippen LogP contribution is 2.18. The van der Waals surface area contributed by atoms with Gasteiger partial charge in [0, 0.05) is 6.54 Å². The number of carbonyl (C=O) groups excluding carboxylic acids is 2. The van der Waals surface area contributed by atoms with Crippen molar-refractivity contribution in [3.8, 4) is 0 Å². The standard InChI is InChI=1S/C19H21NO3/c1-15(17-10-6-3-7-11-17)12-19(22)23-14-18(21)20-13-16-8-4-2-5-9-16/h2-11,15H,12-14H2,1H3,(H,20,21)/t15-/m0/s1. The average Bonchev–Trinajstić information content (AvgIpc) is 2.60. The second kappa shape index (κ2) is 8.73. The van der Waals surface area contributed by atoms with E-state index in [1.807, 2.05) is 67.6 Å². The summed E-state index contributed by atoms with van der Waals surface area (Å²) in [5.41, 5.74) is 2.09. The molecule has 4 nitrogen and oxygen atoms in total. The Hall–Kier alpha value is -2.62. The molecule has 0 saturated carbocycles. The minimum atomic E-state index is -0.365. The minimum Gasteiger partial charge on any atom is -0.456 e. The molecule has 0 spiro atoms. The van der Waals surface area contributed by atoms with Crippen molar-refractivity contribution in [3.05, 3.63) is 71.8 Å². The van der Waals surface area contributed by atoms with E-state index in [0.717, 1.165) is 11.1 Å². The van der Waals surface area contributed by atoms with Gasteiger partial charge in [-0.1, -0.05) is 67.6 Å². The van der Waals surface area contributed by atoms with Gasteiger partial charge in [0.25, 0.3) is 5.91 Å². The summed E-state index contributed by atoms with van der Waals surface area (Å²) in [4.78, 5) is 23.5. The van der Waals surface area contributed by atoms with Crippen LogP contribution >= 0.6 is 0 Å². The summed E-state index contributed by atoms with van der Waals surface area (Å²) in [6.45, 7) is 2.15. The highest BCUT2D eigenvalue weighted by molar-refractivity contribution is 5.80. The van der Waals surface area contributed by atoms with Crippen molar-refractivity contribution in [2.75, 3.05) is 6.61 Å². The van der Waals surface area contributed by atoms with Crippen LogP contribution < -0.4 is 5.32 Å². The van der Waals surface area contributed by atoms with Gasteiger partial charge in [-0.25, -0.2) is 0 Å². The number of benzene rings is 2. The fraction of sp³-hybridized carbons (Fsp3) is 0.263. The fourth-order valence-corrected chi connectivity index (χ4v) is 2.20. The van der Waals surface area contributed by atoms with E-state index in [2.05, 4.69) is 5.32 Å². The van der Waals surface area contributed by atoms with Crippen molar-refractivity contribution >= 4 is 11.9 Å². The van der Waals surface area contributed by atoms with Gasteiger partial charge in [-0.3, -0.25) is 9.59 Å². The highest BCUT2D eigenvalue weighted by Gasteiger charge is 2.13. The quantitative estimate of drug-likeness (QED) is 0.800. The molecule has 2 aromatic carbocycles. The smallest absolute Gasteiger partial charge is 0.306 e. The van der Waals surface area contributed by atoms with Gasteiger partial charge >= 0.3 is 5.97 Å². The number of nitrogens with one attached hydrogen (secondary N) is 1. The van der Waals surface area contributed by atoms with Gasteiger partial charge in [0.05, 0.1) is 6.42 Å². The van der Waals surface area contributed by atoms with Gasteiger partial charge in [0.15, 0.2) is 6.61 Å². The average molecular weight is 311 g/mol. The molecule has 2 rings (SSSR count). The summed E-state index contributed by atoms with van der Waals surface area (Å²) >= 11 is 0. The molecule has 0 radical (unpaired) electrons. The van der Waals surface area contributed by atoms with E-state index < -0.39 is 0 Å². The Morgan fingerprint density at radius 1 is 1.00 bits per heavy atom. The number of hydrogen-bond donors (Lipinski definition) is 1. The summed E-state index contributed by atoms with van der Waals surface area (Å²) < 4.78 is 5.03. The van der Waals surface area contributed by atoms with Crippen molar-refractivity contribution in [2.45, 2.75) is 25.8 Å². The Labute approximate surface area is 136 Å². The van der Waals surface area contributed by atoms with Gasteiger partial charge in [-0.05, 0) is 17.0 Å². The Bertz CT molecular complexity index is 626. The molecule has 0 aliphatic heterocycles. The molecule has 0 aromatic heterocycles. The van der Waals surface area contributed by atoms with Crippen LogP contribution in [-0.4, -0.2) is 18.5 Å². The lowest BCUT2D eigenvalue weighted by molar-refractivity contribution is -0.148. The van der Waals surface area contributed by atoms with Crippen LogP contribution in [0.2, 0.25) is 0 Å². The van der Waals surface area contributed by atoms with Crippen molar-refractivity contribution < 1.29 is 14.3 Å². The monoisotopic (exact) mass is 311 g/mol. The number of carbonyl (C=O) groups is 2. The first-order chi connectivity index (χ1) is 11.1. The first-order valence-corrected chi connectivity index (χ1v) is 7.66. The molecule has 0 fully saturated rings. The number of esters is 1. The lowest BCUT2D eigenvalue weighted by Crippen LogP contribution is -2.28. The molecule has 1 amide bonds. The van der Waals surface area contributed by atoms with E-state index in [9.17, 15) is 9.59 Å². The number of amides is 1. The molecule has 0 aliphatic carbocycles. The summed E-state index contributed by atoms with van der Waals surface area (Å²) in [5, 5.41) is 2.72. The second-order valence-corrected chi connectivity index (χ2v) is 5.44. The van der Waals surface area contributed by atoms with Crippen LogP contribution in [-0.2, 0) is 20.9 Å². The third-order valence-corrected chi connectivity index (χ3v) is 3.54. The number of ether oxygens (including phenoxy) is 1. The van der Waals surface area contributed by atoms with Crippen molar-refractivity contribution in [2.24, 2.45) is 0 Å². The van der Waals surface area contributed by atoms with Crippen molar-refractivity contribution in [1.82, 2.24) is 5.32 Å². The molecule has 0 aliphatic rings. The fourth-order valence-electron chi connectivity index (χ4n) is 2.20. The highest BCUT2D eigenvalue weighted by atomic mass is 16.5. The van der Waals surface area contributed by atoms with Gasteiger partial charge in [0.2, 0.25) is 0 Å². The van der Waals surface area contributed by atoms with Crippen molar-refractivity contribution in [3.63, 3.8) is 0 Å². The lowest BCUT2D eigenvalue weighted by Gasteiger charge is -2.11. The maximum atomic E-state index is 11.8. The topological polar surface area (TPSA) is 55.4 Å². The van der Waals surface area contributed by atoms with Crippen molar-refractivity contribution in [1.29, 1.82) is 0 Å². The van der Waals surface area contributed by atoms with E-state index in [1.165, 1.54) is 0 Å². The first kappa shape index (κ1) is 16.7. The molecule has 0 heterocycles. The van der Waals surface area contributed by atoms with Crippen LogP contribution in [0, 0.1) is 0 Å². The van der Waals surface area contributed by atoms with Crippen LogP contribution in [0.5, 0.6) is 0 Å². The van der Waals surface area contributed by atoms with Crippen LogP contribution in [0.4, 0.5) is 0 Å². The lowest BCUT2D eigenvalue weighted by atomic mass is 9.98. The molecule has 1 N–H and O–H groups in total. The largest absolute Gasteiger partial charge is 0.456 e. The molecular formula is C19H21NO3. The van der Waals surface area contributed by atoms with E-state index in [0.29, 0.717) is 6.54 Å². The third-order valence-electron chi connectivity index (χ3n) is 3.54. The van der Waals surface area contributed by atoms with E-state index in [1.54, 1.807) is 0 Å². The zero-order valence-corrected chi connectivity index (χ0v) is 13.2. The molecule has 120 valence electrons. The van der Waals surface area contributed by atoms with Crippen LogP contribution in [0.25, 0.3) is 0 Å².